The molecule has 0 atom stereocenters. The van der Waals surface area contributed by atoms with Gasteiger partial charge in [-0.25, -0.2) is 4.98 Å². The number of benzene rings is 5. The molecule has 4 aromatic heterocycles. The van der Waals surface area contributed by atoms with E-state index in [2.05, 4.69) is 114 Å². The molecule has 0 fully saturated rings. The third kappa shape index (κ3) is 2.98. The van der Waals surface area contributed by atoms with Gasteiger partial charge >= 0.3 is 0 Å². The Balaban J connectivity index is 1.32. The summed E-state index contributed by atoms with van der Waals surface area (Å²) in [6, 6.07) is 41.9. The Morgan fingerprint density at radius 3 is 2.23 bits per heavy atom. The Labute approximate surface area is 232 Å². The third-order valence-electron chi connectivity index (χ3n) is 7.86. The topological polar surface area (TPSA) is 17.8 Å². The van der Waals surface area contributed by atoms with E-state index < -0.39 is 0 Å². The molecule has 0 unspecified atom stereocenters. The number of nitrogens with zero attached hydrogens (tertiary/aromatic N) is 2. The van der Waals surface area contributed by atoms with Crippen molar-refractivity contribution in [2.24, 2.45) is 0 Å². The van der Waals surface area contributed by atoms with Gasteiger partial charge in [0.25, 0.3) is 0 Å². The maximum absolute atomic E-state index is 4.79. The normalized spacial score (nSPS) is 12.1. The van der Waals surface area contributed by atoms with Gasteiger partial charge in [0, 0.05) is 68.6 Å². The molecule has 2 nitrogen and oxygen atoms in total. The number of rotatable bonds is 2. The van der Waals surface area contributed by atoms with Crippen LogP contribution in [0, 0.1) is 0 Å². The number of aromatic nitrogens is 2. The van der Waals surface area contributed by atoms with Gasteiger partial charge in [-0.3, -0.25) is 4.57 Å². The first-order valence-corrected chi connectivity index (χ1v) is 14.7. The average molecular weight is 533 g/mol. The van der Waals surface area contributed by atoms with Gasteiger partial charge in [-0.2, -0.15) is 0 Å². The van der Waals surface area contributed by atoms with Crippen molar-refractivity contribution in [3.05, 3.63) is 121 Å². The maximum atomic E-state index is 4.79. The molecule has 0 saturated heterocycles. The Kier molecular flexibility index (Phi) is 4.39. The van der Waals surface area contributed by atoms with E-state index >= 15 is 0 Å². The van der Waals surface area contributed by atoms with Gasteiger partial charge in [-0.15, -0.1) is 22.7 Å². The second-order valence-corrected chi connectivity index (χ2v) is 12.1. The van der Waals surface area contributed by atoms with Crippen LogP contribution in [0.3, 0.4) is 0 Å². The van der Waals surface area contributed by atoms with Crippen molar-refractivity contribution >= 4 is 85.0 Å². The van der Waals surface area contributed by atoms with Crippen LogP contribution < -0.4 is 0 Å². The Hall–Kier alpha value is -4.51. The van der Waals surface area contributed by atoms with Gasteiger partial charge in [-0.1, -0.05) is 66.7 Å². The van der Waals surface area contributed by atoms with Crippen molar-refractivity contribution in [2.75, 3.05) is 0 Å². The van der Waals surface area contributed by atoms with Crippen molar-refractivity contribution in [2.45, 2.75) is 0 Å². The van der Waals surface area contributed by atoms with Crippen LogP contribution in [0.2, 0.25) is 0 Å². The smallest absolute Gasteiger partial charge is 0.145 e. The highest BCUT2D eigenvalue weighted by molar-refractivity contribution is 7.26. The fraction of sp³-hybridized carbons (Fsp3) is 0. The zero-order chi connectivity index (χ0) is 25.5. The molecule has 4 heteroatoms. The van der Waals surface area contributed by atoms with Crippen molar-refractivity contribution < 1.29 is 0 Å². The minimum atomic E-state index is 0.995. The van der Waals surface area contributed by atoms with Crippen LogP contribution >= 0.6 is 22.7 Å². The Bertz CT molecular complexity index is 2350. The van der Waals surface area contributed by atoms with Crippen molar-refractivity contribution in [1.82, 2.24) is 9.55 Å². The summed E-state index contributed by atoms with van der Waals surface area (Å²) in [4.78, 5) is 4.79. The summed E-state index contributed by atoms with van der Waals surface area (Å²) in [7, 11) is 0. The second-order valence-electron chi connectivity index (χ2n) is 9.97. The minimum absolute atomic E-state index is 0.995. The summed E-state index contributed by atoms with van der Waals surface area (Å²) in [5.41, 5.74) is 5.94. The SMILES string of the molecule is c1ccc2c(c1)sc1cccc(-c3cccc4c3sc3ccc(-n5c6ccccc6c6cccnc65)cc34)c12. The molecular formula is C35H20N2S2. The predicted molar refractivity (Wildman–Crippen MR) is 170 cm³/mol. The van der Waals surface area contributed by atoms with E-state index in [-0.39, 0.29) is 0 Å². The predicted octanol–water partition coefficient (Wildman–Crippen LogP) is 10.6. The fourth-order valence-electron chi connectivity index (χ4n) is 6.19. The molecule has 5 aromatic carbocycles. The largest absolute Gasteiger partial charge is 0.294 e. The van der Waals surface area contributed by atoms with Crippen LogP contribution in [0.5, 0.6) is 0 Å². The summed E-state index contributed by atoms with van der Waals surface area (Å²) < 4.78 is 7.63. The Morgan fingerprint density at radius 1 is 0.513 bits per heavy atom. The number of fused-ring (bicyclic) bond motifs is 9. The van der Waals surface area contributed by atoms with Gasteiger partial charge in [0.2, 0.25) is 0 Å². The number of pyridine rings is 1. The van der Waals surface area contributed by atoms with E-state index in [1.165, 1.54) is 67.8 Å². The molecule has 182 valence electrons. The summed E-state index contributed by atoms with van der Waals surface area (Å²) >= 11 is 3.77. The highest BCUT2D eigenvalue weighted by Gasteiger charge is 2.17. The van der Waals surface area contributed by atoms with Crippen LogP contribution in [0.25, 0.3) is 79.1 Å². The molecule has 0 aliphatic carbocycles. The van der Waals surface area contributed by atoms with Gasteiger partial charge in [0.15, 0.2) is 0 Å². The third-order valence-corrected chi connectivity index (χ3v) is 10.2. The quantitative estimate of drug-likeness (QED) is 0.216. The first kappa shape index (κ1) is 21.4. The van der Waals surface area contributed by atoms with Crippen LogP contribution in [-0.4, -0.2) is 9.55 Å². The lowest BCUT2D eigenvalue weighted by Gasteiger charge is -2.08. The molecule has 39 heavy (non-hydrogen) atoms. The van der Waals surface area contributed by atoms with Crippen LogP contribution in [0.4, 0.5) is 0 Å². The number of hydrogen-bond acceptors (Lipinski definition) is 3. The highest BCUT2D eigenvalue weighted by Crippen LogP contribution is 2.45. The average Bonchev–Trinajstić information content (AvgIpc) is 3.66. The molecule has 4 heterocycles. The lowest BCUT2D eigenvalue weighted by atomic mass is 9.98. The molecule has 0 aliphatic heterocycles. The molecule has 0 saturated carbocycles. The maximum Gasteiger partial charge on any atom is 0.145 e. The molecule has 0 amide bonds. The molecular weight excluding hydrogens is 513 g/mol. The zero-order valence-electron chi connectivity index (χ0n) is 20.8. The molecule has 0 spiro atoms. The first-order valence-electron chi connectivity index (χ1n) is 13.1. The number of thiophene rings is 2. The van der Waals surface area contributed by atoms with Crippen molar-refractivity contribution in [1.29, 1.82) is 0 Å². The molecule has 0 radical (unpaired) electrons. The van der Waals surface area contributed by atoms with E-state index in [0.717, 1.165) is 11.3 Å². The molecule has 9 rings (SSSR count). The zero-order valence-corrected chi connectivity index (χ0v) is 22.4. The van der Waals surface area contributed by atoms with Crippen molar-refractivity contribution in [3.8, 4) is 16.8 Å². The number of para-hydroxylation sites is 1. The number of hydrogen-bond donors (Lipinski definition) is 0. The summed E-state index contributed by atoms with van der Waals surface area (Å²) in [5, 5.41) is 7.71. The monoisotopic (exact) mass is 532 g/mol. The highest BCUT2D eigenvalue weighted by atomic mass is 32.1. The van der Waals surface area contributed by atoms with Crippen molar-refractivity contribution in [3.63, 3.8) is 0 Å². The van der Waals surface area contributed by atoms with E-state index in [4.69, 9.17) is 4.98 Å². The van der Waals surface area contributed by atoms with Crippen LogP contribution in [-0.2, 0) is 0 Å². The fourth-order valence-corrected chi connectivity index (χ4v) is 8.54. The van der Waals surface area contributed by atoms with Crippen LogP contribution in [0.15, 0.2) is 121 Å². The van der Waals surface area contributed by atoms with E-state index in [1.807, 2.05) is 34.9 Å². The van der Waals surface area contributed by atoms with Gasteiger partial charge < -0.3 is 0 Å². The second kappa shape index (κ2) is 8.00. The molecule has 0 aliphatic rings. The molecule has 0 N–H and O–H groups in total. The molecule has 9 aromatic rings. The Morgan fingerprint density at radius 2 is 1.26 bits per heavy atom. The van der Waals surface area contributed by atoms with Crippen LogP contribution in [0.1, 0.15) is 0 Å². The summed E-state index contributed by atoms with van der Waals surface area (Å²) in [6.45, 7) is 0. The first-order chi connectivity index (χ1) is 19.3. The minimum Gasteiger partial charge on any atom is -0.294 e. The summed E-state index contributed by atoms with van der Waals surface area (Å²) in [5.74, 6) is 0. The standard InChI is InChI=1S/C35H20N2S2/c1-3-14-29-22(8-1)26-13-7-19-36-35(26)37(29)21-17-18-31-28(20-21)25-12-5-11-24(34(25)39-31)23-10-6-16-32-33(23)27-9-2-4-15-30(27)38-32/h1-20H. The van der Waals surface area contributed by atoms with E-state index in [1.54, 1.807) is 0 Å². The van der Waals surface area contributed by atoms with Gasteiger partial charge in [0.1, 0.15) is 5.65 Å². The van der Waals surface area contributed by atoms with E-state index in [0.29, 0.717) is 0 Å². The van der Waals surface area contributed by atoms with E-state index in [9.17, 15) is 0 Å². The van der Waals surface area contributed by atoms with Gasteiger partial charge in [-0.05, 0) is 54.1 Å². The van der Waals surface area contributed by atoms with Gasteiger partial charge in [0.05, 0.1) is 5.52 Å². The lowest BCUT2D eigenvalue weighted by molar-refractivity contribution is 1.14. The lowest BCUT2D eigenvalue weighted by Crippen LogP contribution is -1.94. The molecule has 0 bridgehead atoms. The summed E-state index contributed by atoms with van der Waals surface area (Å²) in [6.07, 6.45) is 1.89.